The number of ether oxygens (including phenoxy) is 1. The van der Waals surface area contributed by atoms with Gasteiger partial charge in [0.05, 0.1) is 13.5 Å². The molecule has 0 spiro atoms. The Morgan fingerprint density at radius 2 is 2.35 bits per heavy atom. The number of carbonyl (C=O) groups is 2. The fourth-order valence-corrected chi connectivity index (χ4v) is 3.47. The molecule has 0 saturated heterocycles. The van der Waals surface area contributed by atoms with Crippen molar-refractivity contribution >= 4 is 23.3 Å². The van der Waals surface area contributed by atoms with E-state index in [-0.39, 0.29) is 6.42 Å². The van der Waals surface area contributed by atoms with Crippen molar-refractivity contribution < 1.29 is 19.4 Å². The Morgan fingerprint density at radius 3 is 3.00 bits per heavy atom. The summed E-state index contributed by atoms with van der Waals surface area (Å²) in [5.74, 6) is -1.39. The van der Waals surface area contributed by atoms with E-state index in [2.05, 4.69) is 4.74 Å². The van der Waals surface area contributed by atoms with Crippen LogP contribution in [0.4, 0.5) is 0 Å². The zero-order valence-corrected chi connectivity index (χ0v) is 10.4. The van der Waals surface area contributed by atoms with Gasteiger partial charge in [-0.25, -0.2) is 0 Å². The fraction of sp³-hybridized carbons (Fsp3) is 0.500. The van der Waals surface area contributed by atoms with Crippen LogP contribution in [0.2, 0.25) is 0 Å². The first-order chi connectivity index (χ1) is 8.10. The Bertz CT molecular complexity index is 451. The number of esters is 1. The predicted molar refractivity (Wildman–Crippen MR) is 63.2 cm³/mol. The van der Waals surface area contributed by atoms with Gasteiger partial charge in [-0.15, -0.1) is 11.3 Å². The number of aryl methyl sites for hydroxylation is 1. The van der Waals surface area contributed by atoms with Gasteiger partial charge in [0, 0.05) is 4.88 Å². The van der Waals surface area contributed by atoms with Crippen molar-refractivity contribution in [3.8, 4) is 0 Å². The van der Waals surface area contributed by atoms with Crippen LogP contribution in [-0.4, -0.2) is 24.2 Å². The molecule has 0 radical (unpaired) electrons. The molecular formula is C12H14O4S. The van der Waals surface area contributed by atoms with Crippen molar-refractivity contribution in [2.45, 2.75) is 31.1 Å². The minimum atomic E-state index is -1.08. The lowest BCUT2D eigenvalue weighted by Gasteiger charge is -2.32. The highest BCUT2D eigenvalue weighted by atomic mass is 32.1. The lowest BCUT2D eigenvalue weighted by molar-refractivity contribution is -0.152. The zero-order valence-electron chi connectivity index (χ0n) is 9.56. The minimum absolute atomic E-state index is 0.0808. The molecule has 1 heterocycles. The van der Waals surface area contributed by atoms with Crippen LogP contribution in [0.25, 0.3) is 0 Å². The van der Waals surface area contributed by atoms with Crippen LogP contribution in [0.15, 0.2) is 11.4 Å². The standard InChI is InChI=1S/C12H14O4S/c1-16-10(13)7-12(11(14)15)5-2-3-9-8(12)4-6-17-9/h4,6H,2-3,5,7H2,1H3,(H,14,15). The van der Waals surface area contributed by atoms with Gasteiger partial charge in [0.2, 0.25) is 0 Å². The summed E-state index contributed by atoms with van der Waals surface area (Å²) < 4.78 is 4.62. The maximum atomic E-state index is 11.6. The molecule has 2 rings (SSSR count). The third kappa shape index (κ3) is 1.95. The van der Waals surface area contributed by atoms with Crippen molar-refractivity contribution in [1.29, 1.82) is 0 Å². The van der Waals surface area contributed by atoms with Crippen LogP contribution in [0.1, 0.15) is 29.7 Å². The second kappa shape index (κ2) is 4.49. The quantitative estimate of drug-likeness (QED) is 0.838. The summed E-state index contributed by atoms with van der Waals surface area (Å²) in [5.41, 5.74) is -0.285. The van der Waals surface area contributed by atoms with Gasteiger partial charge in [-0.3, -0.25) is 9.59 Å². The summed E-state index contributed by atoms with van der Waals surface area (Å²) in [7, 11) is 1.29. The molecular weight excluding hydrogens is 240 g/mol. The molecule has 1 aromatic rings. The van der Waals surface area contributed by atoms with Gasteiger partial charge in [-0.2, -0.15) is 0 Å². The topological polar surface area (TPSA) is 63.6 Å². The van der Waals surface area contributed by atoms with E-state index in [1.54, 1.807) is 11.3 Å². The summed E-state index contributed by atoms with van der Waals surface area (Å²) in [6.45, 7) is 0. The van der Waals surface area contributed by atoms with E-state index in [1.807, 2.05) is 11.4 Å². The molecule has 1 atom stereocenters. The van der Waals surface area contributed by atoms with Crippen LogP contribution in [0.3, 0.4) is 0 Å². The highest BCUT2D eigenvalue weighted by Gasteiger charge is 2.46. The number of rotatable bonds is 3. The SMILES string of the molecule is COC(=O)CC1(C(=O)O)CCCc2sccc21. The Kier molecular flexibility index (Phi) is 3.19. The Morgan fingerprint density at radius 1 is 1.59 bits per heavy atom. The molecule has 0 amide bonds. The van der Waals surface area contributed by atoms with Crippen molar-refractivity contribution in [2.75, 3.05) is 7.11 Å². The minimum Gasteiger partial charge on any atom is -0.481 e. The fourth-order valence-electron chi connectivity index (χ4n) is 2.45. The molecule has 1 aliphatic rings. The number of fused-ring (bicyclic) bond motifs is 1. The molecule has 1 unspecified atom stereocenters. The van der Waals surface area contributed by atoms with Gasteiger partial charge >= 0.3 is 11.9 Å². The first kappa shape index (κ1) is 12.1. The molecule has 1 aliphatic carbocycles. The molecule has 0 fully saturated rings. The molecule has 4 nitrogen and oxygen atoms in total. The van der Waals surface area contributed by atoms with E-state index in [0.29, 0.717) is 6.42 Å². The van der Waals surface area contributed by atoms with Crippen molar-refractivity contribution in [3.63, 3.8) is 0 Å². The van der Waals surface area contributed by atoms with E-state index in [1.165, 1.54) is 7.11 Å². The lowest BCUT2D eigenvalue weighted by Crippen LogP contribution is -2.40. The number of carboxylic acid groups (broad SMARTS) is 1. The van der Waals surface area contributed by atoms with Gasteiger partial charge in [0.25, 0.3) is 0 Å². The second-order valence-electron chi connectivity index (χ2n) is 4.25. The first-order valence-electron chi connectivity index (χ1n) is 5.47. The lowest BCUT2D eigenvalue weighted by atomic mass is 9.70. The van der Waals surface area contributed by atoms with E-state index in [9.17, 15) is 14.7 Å². The molecule has 92 valence electrons. The third-order valence-corrected chi connectivity index (χ3v) is 4.33. The largest absolute Gasteiger partial charge is 0.481 e. The Labute approximate surface area is 103 Å². The molecule has 0 aliphatic heterocycles. The normalized spacial score (nSPS) is 22.9. The average molecular weight is 254 g/mol. The van der Waals surface area contributed by atoms with Crippen molar-refractivity contribution in [2.24, 2.45) is 0 Å². The van der Waals surface area contributed by atoms with Crippen LogP contribution in [0.5, 0.6) is 0 Å². The van der Waals surface area contributed by atoms with E-state index < -0.39 is 17.4 Å². The Balaban J connectivity index is 2.43. The molecule has 0 aromatic carbocycles. The average Bonchev–Trinajstić information content (AvgIpc) is 2.78. The number of carboxylic acids is 1. The number of hydrogen-bond donors (Lipinski definition) is 1. The van der Waals surface area contributed by atoms with E-state index >= 15 is 0 Å². The molecule has 1 aromatic heterocycles. The van der Waals surface area contributed by atoms with Crippen LogP contribution >= 0.6 is 11.3 Å². The van der Waals surface area contributed by atoms with Crippen molar-refractivity contribution in [1.82, 2.24) is 0 Å². The van der Waals surface area contributed by atoms with Gasteiger partial charge in [0.1, 0.15) is 5.41 Å². The molecule has 0 saturated carbocycles. The number of aliphatic carboxylic acids is 1. The molecule has 1 N–H and O–H groups in total. The van der Waals surface area contributed by atoms with Gasteiger partial charge < -0.3 is 9.84 Å². The van der Waals surface area contributed by atoms with Crippen LogP contribution < -0.4 is 0 Å². The number of hydrogen-bond acceptors (Lipinski definition) is 4. The molecule has 5 heteroatoms. The Hall–Kier alpha value is -1.36. The van der Waals surface area contributed by atoms with Crippen LogP contribution in [-0.2, 0) is 26.2 Å². The van der Waals surface area contributed by atoms with E-state index in [0.717, 1.165) is 23.3 Å². The summed E-state index contributed by atoms with van der Waals surface area (Å²) in [6.07, 6.45) is 2.13. The predicted octanol–water partition coefficient (Wildman–Crippen LogP) is 1.97. The smallest absolute Gasteiger partial charge is 0.314 e. The maximum absolute atomic E-state index is 11.6. The number of methoxy groups -OCH3 is 1. The third-order valence-electron chi connectivity index (χ3n) is 3.35. The molecule has 17 heavy (non-hydrogen) atoms. The number of thiophene rings is 1. The van der Waals surface area contributed by atoms with E-state index in [4.69, 9.17) is 0 Å². The maximum Gasteiger partial charge on any atom is 0.314 e. The second-order valence-corrected chi connectivity index (χ2v) is 5.25. The number of carbonyl (C=O) groups excluding carboxylic acids is 1. The van der Waals surface area contributed by atoms with Crippen molar-refractivity contribution in [3.05, 3.63) is 21.9 Å². The van der Waals surface area contributed by atoms with Gasteiger partial charge in [-0.05, 0) is 36.3 Å². The highest BCUT2D eigenvalue weighted by molar-refractivity contribution is 7.10. The molecule has 0 bridgehead atoms. The summed E-state index contributed by atoms with van der Waals surface area (Å²) >= 11 is 1.56. The summed E-state index contributed by atoms with van der Waals surface area (Å²) in [6, 6.07) is 1.83. The van der Waals surface area contributed by atoms with Gasteiger partial charge in [0.15, 0.2) is 0 Å². The first-order valence-corrected chi connectivity index (χ1v) is 6.35. The van der Waals surface area contributed by atoms with Gasteiger partial charge in [-0.1, -0.05) is 0 Å². The summed E-state index contributed by atoms with van der Waals surface area (Å²) in [5, 5.41) is 11.4. The highest BCUT2D eigenvalue weighted by Crippen LogP contribution is 2.42. The zero-order chi connectivity index (χ0) is 12.5. The monoisotopic (exact) mass is 254 g/mol. The summed E-state index contributed by atoms with van der Waals surface area (Å²) in [4.78, 5) is 24.1. The van der Waals surface area contributed by atoms with Crippen LogP contribution in [0, 0.1) is 0 Å².